The minimum atomic E-state index is -3.86. The Morgan fingerprint density at radius 1 is 1.00 bits per heavy atom. The van der Waals surface area contributed by atoms with Crippen molar-refractivity contribution >= 4 is 49.8 Å². The van der Waals surface area contributed by atoms with Crippen molar-refractivity contribution in [2.24, 2.45) is 0 Å². The molecule has 4 rings (SSSR count). The lowest BCUT2D eigenvalue weighted by molar-refractivity contribution is 0.601. The van der Waals surface area contributed by atoms with Crippen LogP contribution in [0.2, 0.25) is 10.0 Å². The third kappa shape index (κ3) is 3.89. The average Bonchev–Trinajstić information content (AvgIpc) is 3.10. The van der Waals surface area contributed by atoms with Crippen molar-refractivity contribution in [1.82, 2.24) is 14.5 Å². The van der Waals surface area contributed by atoms with E-state index in [1.165, 1.54) is 30.6 Å². The van der Waals surface area contributed by atoms with E-state index >= 15 is 0 Å². The van der Waals surface area contributed by atoms with Gasteiger partial charge in [0.15, 0.2) is 11.5 Å². The maximum Gasteiger partial charge on any atom is 0.261 e. The minimum Gasteiger partial charge on any atom is -0.300 e. The van der Waals surface area contributed by atoms with E-state index in [-0.39, 0.29) is 20.6 Å². The molecule has 0 radical (unpaired) electrons. The Bertz CT molecular complexity index is 1360. The fourth-order valence-electron chi connectivity index (χ4n) is 2.81. The van der Waals surface area contributed by atoms with Gasteiger partial charge in [-0.3, -0.25) is 9.29 Å². The van der Waals surface area contributed by atoms with E-state index in [0.29, 0.717) is 11.5 Å². The Morgan fingerprint density at radius 3 is 2.41 bits per heavy atom. The van der Waals surface area contributed by atoms with E-state index < -0.39 is 10.0 Å². The number of aromatic nitrogens is 3. The fraction of sp³-hybridized carbons (Fsp3) is 0. The molecule has 1 N–H and O–H groups in total. The van der Waals surface area contributed by atoms with Crippen LogP contribution in [0.3, 0.4) is 0 Å². The first-order valence-electron chi connectivity index (χ1n) is 8.18. The predicted octanol–water partition coefficient (Wildman–Crippen LogP) is 4.40. The number of halogens is 2. The van der Waals surface area contributed by atoms with Crippen LogP contribution < -0.4 is 4.72 Å². The van der Waals surface area contributed by atoms with Gasteiger partial charge >= 0.3 is 0 Å². The average molecular weight is 444 g/mol. The van der Waals surface area contributed by atoms with Gasteiger partial charge in [0, 0.05) is 27.3 Å². The van der Waals surface area contributed by atoms with Crippen LogP contribution in [-0.2, 0) is 10.0 Å². The van der Waals surface area contributed by atoms with E-state index in [1.54, 1.807) is 29.0 Å². The van der Waals surface area contributed by atoms with Gasteiger partial charge in [0.25, 0.3) is 10.0 Å². The summed E-state index contributed by atoms with van der Waals surface area (Å²) in [7, 11) is -3.86. The third-order valence-electron chi connectivity index (χ3n) is 4.09. The summed E-state index contributed by atoms with van der Waals surface area (Å²) in [5.41, 5.74) is 1.41. The number of benzene rings is 2. The molecule has 0 amide bonds. The molecule has 0 atom stereocenters. The van der Waals surface area contributed by atoms with Crippen LogP contribution in [0.15, 0.2) is 66.0 Å². The lowest BCUT2D eigenvalue weighted by atomic mass is 10.2. The van der Waals surface area contributed by atoms with Gasteiger partial charge in [-0.05, 0) is 42.5 Å². The van der Waals surface area contributed by atoms with Gasteiger partial charge in [0.2, 0.25) is 0 Å². The summed E-state index contributed by atoms with van der Waals surface area (Å²) in [6, 6.07) is 13.0. The van der Waals surface area contributed by atoms with Crippen LogP contribution in [0.4, 0.5) is 5.69 Å². The monoisotopic (exact) mass is 443 g/mol. The molecule has 0 aliphatic carbocycles. The summed E-state index contributed by atoms with van der Waals surface area (Å²) in [5, 5.41) is 10.1. The molecule has 144 valence electrons. The number of nitrogens with one attached hydrogen (secondary N) is 1. The van der Waals surface area contributed by atoms with E-state index in [1.807, 2.05) is 12.1 Å². The molecular formula is C19H11Cl2N5O2S. The van der Waals surface area contributed by atoms with E-state index in [4.69, 9.17) is 28.5 Å². The maximum atomic E-state index is 12.7. The number of hydrogen-bond donors (Lipinski definition) is 1. The van der Waals surface area contributed by atoms with Crippen molar-refractivity contribution in [3.63, 3.8) is 0 Å². The number of nitrogens with zero attached hydrogens (tertiary/aromatic N) is 4. The van der Waals surface area contributed by atoms with Crippen LogP contribution in [0.25, 0.3) is 16.7 Å². The van der Waals surface area contributed by atoms with Crippen LogP contribution in [-0.4, -0.2) is 23.0 Å². The second kappa shape index (κ2) is 7.37. The van der Waals surface area contributed by atoms with Crippen LogP contribution in [0, 0.1) is 11.3 Å². The zero-order valence-corrected chi connectivity index (χ0v) is 16.9. The lowest BCUT2D eigenvalue weighted by Gasteiger charge is -2.10. The second-order valence-corrected chi connectivity index (χ2v) is 8.60. The number of sulfonamides is 1. The van der Waals surface area contributed by atoms with Gasteiger partial charge in [-0.1, -0.05) is 23.2 Å². The SMILES string of the molecule is N#Cc1cnc(-n2ccc3cc(NS(=O)(=O)c4cc(Cl)cc(Cl)c4)ccc32)cn1. The second-order valence-electron chi connectivity index (χ2n) is 6.04. The summed E-state index contributed by atoms with van der Waals surface area (Å²) in [4.78, 5) is 8.21. The van der Waals surface area contributed by atoms with Crippen molar-refractivity contribution in [2.45, 2.75) is 4.90 Å². The molecule has 7 nitrogen and oxygen atoms in total. The van der Waals surface area contributed by atoms with Gasteiger partial charge < -0.3 is 0 Å². The van der Waals surface area contributed by atoms with Gasteiger partial charge in [0.1, 0.15) is 6.07 Å². The number of fused-ring (bicyclic) bond motifs is 1. The number of hydrogen-bond acceptors (Lipinski definition) is 5. The molecule has 0 aliphatic heterocycles. The highest BCUT2D eigenvalue weighted by Crippen LogP contribution is 2.27. The summed E-state index contributed by atoms with van der Waals surface area (Å²) in [6.07, 6.45) is 4.67. The van der Waals surface area contributed by atoms with Gasteiger partial charge in [-0.25, -0.2) is 18.4 Å². The normalized spacial score (nSPS) is 11.3. The molecule has 4 aromatic rings. The minimum absolute atomic E-state index is 0.0273. The Kier molecular flexibility index (Phi) is 4.88. The molecule has 2 aromatic heterocycles. The molecular weight excluding hydrogens is 433 g/mol. The van der Waals surface area contributed by atoms with Gasteiger partial charge in [-0.2, -0.15) is 5.26 Å². The van der Waals surface area contributed by atoms with Crippen LogP contribution in [0.5, 0.6) is 0 Å². The highest BCUT2D eigenvalue weighted by atomic mass is 35.5. The molecule has 0 unspecified atom stereocenters. The highest BCUT2D eigenvalue weighted by Gasteiger charge is 2.16. The van der Waals surface area contributed by atoms with Crippen molar-refractivity contribution in [3.05, 3.63) is 76.8 Å². The maximum absolute atomic E-state index is 12.7. The summed E-state index contributed by atoms with van der Waals surface area (Å²) < 4.78 is 29.6. The van der Waals surface area contributed by atoms with E-state index in [2.05, 4.69) is 14.7 Å². The molecule has 0 spiro atoms. The smallest absolute Gasteiger partial charge is 0.261 e. The van der Waals surface area contributed by atoms with Crippen LogP contribution in [0.1, 0.15) is 5.69 Å². The molecule has 0 saturated heterocycles. The van der Waals surface area contributed by atoms with E-state index in [9.17, 15) is 8.42 Å². The molecule has 0 fully saturated rings. The van der Waals surface area contributed by atoms with Crippen molar-refractivity contribution < 1.29 is 8.42 Å². The van der Waals surface area contributed by atoms with E-state index in [0.717, 1.165) is 10.9 Å². The first-order chi connectivity index (χ1) is 13.9. The standard InChI is InChI=1S/C19H11Cl2N5O2S/c20-13-6-14(21)8-17(7-13)29(27,28)25-15-1-2-18-12(5-15)3-4-26(18)19-11-23-16(9-22)10-24-19/h1-8,10-11,25H. The number of rotatable bonds is 4. The molecule has 29 heavy (non-hydrogen) atoms. The Balaban J connectivity index is 1.67. The number of anilines is 1. The molecule has 2 aromatic carbocycles. The summed E-state index contributed by atoms with van der Waals surface area (Å²) in [5.74, 6) is 0.543. The predicted molar refractivity (Wildman–Crippen MR) is 111 cm³/mol. The topological polar surface area (TPSA) is 101 Å². The zero-order valence-electron chi connectivity index (χ0n) is 14.5. The largest absolute Gasteiger partial charge is 0.300 e. The van der Waals surface area contributed by atoms with Gasteiger partial charge in [-0.15, -0.1) is 0 Å². The molecule has 0 saturated carbocycles. The molecule has 0 aliphatic rings. The zero-order chi connectivity index (χ0) is 20.6. The lowest BCUT2D eigenvalue weighted by Crippen LogP contribution is -2.13. The van der Waals surface area contributed by atoms with Crippen molar-refractivity contribution in [3.8, 4) is 11.9 Å². The van der Waals surface area contributed by atoms with Crippen LogP contribution >= 0.6 is 23.2 Å². The molecule has 10 heteroatoms. The molecule has 2 heterocycles. The fourth-order valence-corrected chi connectivity index (χ4v) is 4.58. The summed E-state index contributed by atoms with van der Waals surface area (Å²) in [6.45, 7) is 0. The first kappa shape index (κ1) is 19.2. The van der Waals surface area contributed by atoms with Gasteiger partial charge in [0.05, 0.1) is 22.8 Å². The highest BCUT2D eigenvalue weighted by molar-refractivity contribution is 7.92. The number of nitriles is 1. The first-order valence-corrected chi connectivity index (χ1v) is 10.4. The Labute approximate surface area is 176 Å². The summed E-state index contributed by atoms with van der Waals surface area (Å²) >= 11 is 11.8. The molecule has 0 bridgehead atoms. The quantitative estimate of drug-likeness (QED) is 0.503. The third-order valence-corrected chi connectivity index (χ3v) is 5.89. The van der Waals surface area contributed by atoms with Crippen molar-refractivity contribution in [1.29, 1.82) is 5.26 Å². The Morgan fingerprint density at radius 2 is 1.76 bits per heavy atom. The van der Waals surface area contributed by atoms with Crippen molar-refractivity contribution in [2.75, 3.05) is 4.72 Å². The Hall–Kier alpha value is -3.12.